The van der Waals surface area contributed by atoms with Crippen LogP contribution in [0.2, 0.25) is 0 Å². The molecule has 4 rings (SSSR count). The number of hydrogen-bond donors (Lipinski definition) is 3. The summed E-state index contributed by atoms with van der Waals surface area (Å²) in [5.41, 5.74) is 9.20. The summed E-state index contributed by atoms with van der Waals surface area (Å²) in [7, 11) is 0. The van der Waals surface area contributed by atoms with Gasteiger partial charge in [-0.25, -0.2) is 0 Å². The van der Waals surface area contributed by atoms with Crippen molar-refractivity contribution in [3.63, 3.8) is 0 Å². The molecular weight excluding hydrogens is 419 g/mol. The fourth-order valence-electron chi connectivity index (χ4n) is 3.84. The molecule has 0 bridgehead atoms. The maximum Gasteiger partial charge on any atom is 0.419 e. The zero-order valence-corrected chi connectivity index (χ0v) is 17.3. The first-order valence-corrected chi connectivity index (χ1v) is 10.3. The van der Waals surface area contributed by atoms with Crippen LogP contribution in [0.1, 0.15) is 11.1 Å². The van der Waals surface area contributed by atoms with Crippen LogP contribution in [0.5, 0.6) is 11.5 Å². The predicted octanol–water partition coefficient (Wildman–Crippen LogP) is 4.65. The van der Waals surface area contributed by atoms with E-state index in [2.05, 4.69) is 10.2 Å². The van der Waals surface area contributed by atoms with Crippen molar-refractivity contribution in [3.05, 3.63) is 71.8 Å². The fourth-order valence-corrected chi connectivity index (χ4v) is 3.84. The molecule has 1 aliphatic heterocycles. The van der Waals surface area contributed by atoms with Gasteiger partial charge in [0.2, 0.25) is 0 Å². The summed E-state index contributed by atoms with van der Waals surface area (Å²) in [4.78, 5) is 2.15. The number of phenolic OH excluding ortho intramolecular Hbond substituents is 1. The second-order valence-electron chi connectivity index (χ2n) is 7.63. The van der Waals surface area contributed by atoms with Crippen molar-refractivity contribution >= 4 is 11.4 Å². The lowest BCUT2D eigenvalue weighted by atomic mass is 9.97. The van der Waals surface area contributed by atoms with Gasteiger partial charge in [-0.3, -0.25) is 0 Å². The van der Waals surface area contributed by atoms with Crippen LogP contribution in [-0.2, 0) is 12.8 Å². The predicted molar refractivity (Wildman–Crippen MR) is 119 cm³/mol. The molecule has 0 spiro atoms. The Kier molecular flexibility index (Phi) is 6.14. The largest absolute Gasteiger partial charge is 0.508 e. The number of phenols is 1. The highest BCUT2D eigenvalue weighted by Crippen LogP contribution is 2.38. The van der Waals surface area contributed by atoms with Gasteiger partial charge in [0.1, 0.15) is 18.1 Å². The summed E-state index contributed by atoms with van der Waals surface area (Å²) < 4.78 is 45.8. The van der Waals surface area contributed by atoms with Gasteiger partial charge in [-0.05, 0) is 53.1 Å². The standard InChI is InChI=1S/C24H24F3N3O2/c25-24(26,27)20-3-1-2-4-23(20)32-15-17-13-22(30-11-9-29-10-12-30)21(28)14-19(17)16-5-7-18(31)8-6-16/h1-8,13-14,29,31H,9-12,15,28H2. The van der Waals surface area contributed by atoms with Crippen LogP contribution in [0, 0.1) is 0 Å². The average molecular weight is 443 g/mol. The molecule has 1 fully saturated rings. The minimum atomic E-state index is -4.51. The number of alkyl halides is 3. The van der Waals surface area contributed by atoms with E-state index in [0.717, 1.165) is 49.1 Å². The molecular formula is C24H24F3N3O2. The van der Waals surface area contributed by atoms with Gasteiger partial charge in [0.05, 0.1) is 16.9 Å². The first kappa shape index (κ1) is 21.8. The number of nitrogen functional groups attached to an aromatic ring is 1. The van der Waals surface area contributed by atoms with Crippen LogP contribution < -0.4 is 20.7 Å². The SMILES string of the molecule is Nc1cc(-c2ccc(O)cc2)c(COc2ccccc2C(F)(F)F)cc1N1CCNCC1. The molecule has 0 aromatic heterocycles. The number of anilines is 2. The van der Waals surface area contributed by atoms with E-state index in [0.29, 0.717) is 11.3 Å². The molecule has 3 aromatic rings. The molecule has 32 heavy (non-hydrogen) atoms. The number of benzene rings is 3. The minimum absolute atomic E-state index is 0.0668. The molecule has 168 valence electrons. The van der Waals surface area contributed by atoms with Crippen LogP contribution >= 0.6 is 0 Å². The van der Waals surface area contributed by atoms with Crippen LogP contribution in [0.15, 0.2) is 60.7 Å². The van der Waals surface area contributed by atoms with Gasteiger partial charge in [-0.1, -0.05) is 24.3 Å². The maximum absolute atomic E-state index is 13.4. The molecule has 0 amide bonds. The molecule has 4 N–H and O–H groups in total. The normalized spacial score (nSPS) is 14.4. The third-order valence-electron chi connectivity index (χ3n) is 5.46. The highest BCUT2D eigenvalue weighted by atomic mass is 19.4. The molecule has 0 saturated carbocycles. The van der Waals surface area contributed by atoms with Crippen molar-refractivity contribution in [2.45, 2.75) is 12.8 Å². The van der Waals surface area contributed by atoms with Crippen LogP contribution in [-0.4, -0.2) is 31.3 Å². The zero-order valence-electron chi connectivity index (χ0n) is 17.3. The first-order chi connectivity index (χ1) is 15.3. The van der Waals surface area contributed by atoms with Crippen molar-refractivity contribution < 1.29 is 23.0 Å². The first-order valence-electron chi connectivity index (χ1n) is 10.3. The summed E-state index contributed by atoms with van der Waals surface area (Å²) in [6.07, 6.45) is -4.51. The van der Waals surface area contributed by atoms with E-state index < -0.39 is 11.7 Å². The lowest BCUT2D eigenvalue weighted by molar-refractivity contribution is -0.139. The fraction of sp³-hybridized carbons (Fsp3) is 0.250. The van der Waals surface area contributed by atoms with E-state index in [-0.39, 0.29) is 18.1 Å². The van der Waals surface area contributed by atoms with Gasteiger partial charge in [0, 0.05) is 26.2 Å². The Morgan fingerprint density at radius 3 is 2.38 bits per heavy atom. The molecule has 1 heterocycles. The number of nitrogens with one attached hydrogen (secondary N) is 1. The van der Waals surface area contributed by atoms with Gasteiger partial charge >= 0.3 is 6.18 Å². The third kappa shape index (κ3) is 4.75. The highest BCUT2D eigenvalue weighted by Gasteiger charge is 2.34. The van der Waals surface area contributed by atoms with Gasteiger partial charge in [-0.2, -0.15) is 13.2 Å². The van der Waals surface area contributed by atoms with Crippen LogP contribution in [0.4, 0.5) is 24.5 Å². The Labute approximate surface area is 184 Å². The van der Waals surface area contributed by atoms with Crippen molar-refractivity contribution in [3.8, 4) is 22.6 Å². The maximum atomic E-state index is 13.4. The summed E-state index contributed by atoms with van der Waals surface area (Å²) >= 11 is 0. The van der Waals surface area contributed by atoms with E-state index in [4.69, 9.17) is 10.5 Å². The number of halogens is 3. The van der Waals surface area contributed by atoms with Crippen molar-refractivity contribution in [2.24, 2.45) is 0 Å². The van der Waals surface area contributed by atoms with E-state index >= 15 is 0 Å². The average Bonchev–Trinajstić information content (AvgIpc) is 2.79. The highest BCUT2D eigenvalue weighted by molar-refractivity contribution is 5.80. The lowest BCUT2D eigenvalue weighted by Crippen LogP contribution is -2.43. The zero-order chi connectivity index (χ0) is 22.7. The Hall–Kier alpha value is -3.39. The molecule has 0 aliphatic carbocycles. The number of hydrogen-bond acceptors (Lipinski definition) is 5. The lowest BCUT2D eigenvalue weighted by Gasteiger charge is -2.31. The molecule has 3 aromatic carbocycles. The number of rotatable bonds is 5. The van der Waals surface area contributed by atoms with E-state index in [1.807, 2.05) is 12.1 Å². The number of nitrogens with two attached hydrogens (primary N) is 1. The molecule has 0 unspecified atom stereocenters. The second-order valence-corrected chi connectivity index (χ2v) is 7.63. The smallest absolute Gasteiger partial charge is 0.419 e. The Bertz CT molecular complexity index is 1080. The van der Waals surface area contributed by atoms with Crippen LogP contribution in [0.25, 0.3) is 11.1 Å². The number of ether oxygens (including phenoxy) is 1. The Morgan fingerprint density at radius 1 is 1.00 bits per heavy atom. The second kappa shape index (κ2) is 9.00. The Morgan fingerprint density at radius 2 is 1.69 bits per heavy atom. The van der Waals surface area contributed by atoms with Crippen LogP contribution in [0.3, 0.4) is 0 Å². The number of aromatic hydroxyl groups is 1. The molecule has 1 saturated heterocycles. The van der Waals surface area contributed by atoms with E-state index in [1.54, 1.807) is 24.3 Å². The number of piperazine rings is 1. The van der Waals surface area contributed by atoms with Crippen molar-refractivity contribution in [2.75, 3.05) is 36.8 Å². The monoisotopic (exact) mass is 443 g/mol. The summed E-state index contributed by atoms with van der Waals surface area (Å²) in [5, 5.41) is 12.9. The molecule has 1 aliphatic rings. The quantitative estimate of drug-likeness (QED) is 0.501. The van der Waals surface area contributed by atoms with Gasteiger partial charge < -0.3 is 25.8 Å². The minimum Gasteiger partial charge on any atom is -0.508 e. The molecule has 8 heteroatoms. The molecule has 5 nitrogen and oxygen atoms in total. The van der Waals surface area contributed by atoms with Crippen molar-refractivity contribution in [1.82, 2.24) is 5.32 Å². The topological polar surface area (TPSA) is 70.8 Å². The van der Waals surface area contributed by atoms with Gasteiger partial charge in [-0.15, -0.1) is 0 Å². The van der Waals surface area contributed by atoms with Crippen molar-refractivity contribution in [1.29, 1.82) is 0 Å². The summed E-state index contributed by atoms with van der Waals surface area (Å²) in [5.74, 6) is -0.103. The van der Waals surface area contributed by atoms with Gasteiger partial charge in [0.15, 0.2) is 0 Å². The Balaban J connectivity index is 1.72. The van der Waals surface area contributed by atoms with E-state index in [1.165, 1.54) is 18.2 Å². The van der Waals surface area contributed by atoms with E-state index in [9.17, 15) is 18.3 Å². The third-order valence-corrected chi connectivity index (χ3v) is 5.46. The molecule has 0 radical (unpaired) electrons. The summed E-state index contributed by atoms with van der Waals surface area (Å²) in [6.45, 7) is 3.14. The number of para-hydroxylation sites is 1. The summed E-state index contributed by atoms with van der Waals surface area (Å²) in [6, 6.07) is 15.5. The molecule has 0 atom stereocenters. The van der Waals surface area contributed by atoms with Gasteiger partial charge in [0.25, 0.3) is 0 Å². The number of nitrogens with zero attached hydrogens (tertiary/aromatic N) is 1.